The zero-order valence-corrected chi connectivity index (χ0v) is 14.2. The normalized spacial score (nSPS) is 12.1. The van der Waals surface area contributed by atoms with Crippen molar-refractivity contribution in [3.63, 3.8) is 0 Å². The Balaban J connectivity index is 1.93. The molecule has 1 aromatic heterocycles. The van der Waals surface area contributed by atoms with Crippen LogP contribution < -0.4 is 10.9 Å². The summed E-state index contributed by atoms with van der Waals surface area (Å²) in [6.07, 6.45) is 0. The number of hydrogen-bond acceptors (Lipinski definition) is 3. The first-order valence-corrected chi connectivity index (χ1v) is 7.96. The van der Waals surface area contributed by atoms with Crippen LogP contribution >= 0.6 is 23.2 Å². The smallest absolute Gasteiger partial charge is 0.272 e. The van der Waals surface area contributed by atoms with Crippen molar-refractivity contribution in [3.8, 4) is 0 Å². The predicted molar refractivity (Wildman–Crippen MR) is 94.7 cm³/mol. The first-order valence-electron chi connectivity index (χ1n) is 7.20. The van der Waals surface area contributed by atoms with Gasteiger partial charge in [0.2, 0.25) is 0 Å². The van der Waals surface area contributed by atoms with Gasteiger partial charge in [-0.25, -0.2) is 5.10 Å². The number of rotatable bonds is 3. The average Bonchev–Trinajstić information content (AvgIpc) is 2.55. The van der Waals surface area contributed by atoms with Gasteiger partial charge in [0.25, 0.3) is 11.5 Å². The maximum atomic E-state index is 12.6. The lowest BCUT2D eigenvalue weighted by molar-refractivity contribution is 0.0935. The van der Waals surface area contributed by atoms with Crippen LogP contribution in [0.3, 0.4) is 0 Å². The summed E-state index contributed by atoms with van der Waals surface area (Å²) in [5, 5.41) is 11.0. The van der Waals surface area contributed by atoms with E-state index in [0.717, 1.165) is 5.56 Å². The molecule has 1 atom stereocenters. The Morgan fingerprint density at radius 3 is 2.58 bits per heavy atom. The van der Waals surface area contributed by atoms with Crippen LogP contribution in [0.25, 0.3) is 10.8 Å². The number of aromatic nitrogens is 2. The molecule has 0 bridgehead atoms. The third kappa shape index (κ3) is 3.13. The van der Waals surface area contributed by atoms with Gasteiger partial charge in [0.05, 0.1) is 11.4 Å². The molecule has 0 aliphatic rings. The highest BCUT2D eigenvalue weighted by atomic mass is 35.5. The number of amides is 1. The number of nitrogens with zero attached hydrogens (tertiary/aromatic N) is 1. The van der Waals surface area contributed by atoms with E-state index in [1.54, 1.807) is 49.4 Å². The van der Waals surface area contributed by atoms with Gasteiger partial charge in [-0.15, -0.1) is 0 Å². The van der Waals surface area contributed by atoms with Gasteiger partial charge in [0.15, 0.2) is 5.69 Å². The summed E-state index contributed by atoms with van der Waals surface area (Å²) in [6.45, 7) is 1.81. The minimum Gasteiger partial charge on any atom is -0.344 e. The van der Waals surface area contributed by atoms with E-state index in [1.165, 1.54) is 0 Å². The Hall–Kier alpha value is -2.37. The van der Waals surface area contributed by atoms with Crippen molar-refractivity contribution in [2.75, 3.05) is 0 Å². The molecule has 0 saturated carbocycles. The second-order valence-electron chi connectivity index (χ2n) is 5.31. The number of nitrogens with one attached hydrogen (secondary N) is 2. The monoisotopic (exact) mass is 361 g/mol. The molecule has 5 nitrogen and oxygen atoms in total. The van der Waals surface area contributed by atoms with Crippen LogP contribution in [-0.4, -0.2) is 16.1 Å². The van der Waals surface area contributed by atoms with E-state index in [2.05, 4.69) is 15.5 Å². The second-order valence-corrected chi connectivity index (χ2v) is 6.15. The van der Waals surface area contributed by atoms with Crippen LogP contribution in [0.15, 0.2) is 47.3 Å². The van der Waals surface area contributed by atoms with Crippen molar-refractivity contribution in [1.82, 2.24) is 15.5 Å². The van der Waals surface area contributed by atoms with Crippen molar-refractivity contribution in [2.45, 2.75) is 13.0 Å². The van der Waals surface area contributed by atoms with E-state index in [1.807, 2.05) is 0 Å². The highest BCUT2D eigenvalue weighted by Gasteiger charge is 2.18. The lowest BCUT2D eigenvalue weighted by Gasteiger charge is -2.16. The van der Waals surface area contributed by atoms with E-state index in [4.69, 9.17) is 23.2 Å². The quantitative estimate of drug-likeness (QED) is 0.746. The van der Waals surface area contributed by atoms with Gasteiger partial charge in [-0.2, -0.15) is 5.10 Å². The molecule has 122 valence electrons. The van der Waals surface area contributed by atoms with Crippen LogP contribution in [-0.2, 0) is 0 Å². The van der Waals surface area contributed by atoms with Gasteiger partial charge < -0.3 is 5.32 Å². The van der Waals surface area contributed by atoms with E-state index < -0.39 is 5.91 Å². The van der Waals surface area contributed by atoms with Crippen LogP contribution in [0.4, 0.5) is 0 Å². The summed E-state index contributed by atoms with van der Waals surface area (Å²) in [5.74, 6) is -0.402. The predicted octanol–water partition coefficient (Wildman–Crippen LogP) is 3.72. The van der Waals surface area contributed by atoms with Crippen LogP contribution in [0.5, 0.6) is 0 Å². The SMILES string of the molecule is CC(NC(=O)c1n[nH]c(=O)c2ccccc12)c1ccc(Cl)cc1Cl. The number of carbonyl (C=O) groups is 1. The van der Waals surface area contributed by atoms with E-state index in [-0.39, 0.29) is 17.3 Å². The Labute approximate surface area is 147 Å². The molecule has 1 unspecified atom stereocenters. The first kappa shape index (κ1) is 16.5. The van der Waals surface area contributed by atoms with E-state index in [9.17, 15) is 9.59 Å². The molecule has 24 heavy (non-hydrogen) atoms. The third-order valence-corrected chi connectivity index (χ3v) is 4.25. The Kier molecular flexibility index (Phi) is 4.55. The summed E-state index contributed by atoms with van der Waals surface area (Å²) >= 11 is 12.1. The van der Waals surface area contributed by atoms with Gasteiger partial charge in [0.1, 0.15) is 0 Å². The van der Waals surface area contributed by atoms with Gasteiger partial charge in [-0.1, -0.05) is 47.5 Å². The van der Waals surface area contributed by atoms with Crippen molar-refractivity contribution >= 4 is 39.9 Å². The third-order valence-electron chi connectivity index (χ3n) is 3.69. The maximum absolute atomic E-state index is 12.6. The molecule has 0 aliphatic carbocycles. The largest absolute Gasteiger partial charge is 0.344 e. The standard InChI is InChI=1S/C17H13Cl2N3O2/c1-9(11-7-6-10(18)8-14(11)19)20-17(24)15-12-4-2-3-5-13(12)16(23)22-21-15/h2-9H,1H3,(H,20,24)(H,22,23). The van der Waals surface area contributed by atoms with Gasteiger partial charge >= 0.3 is 0 Å². The molecule has 2 N–H and O–H groups in total. The van der Waals surface area contributed by atoms with Crippen molar-refractivity contribution in [2.24, 2.45) is 0 Å². The van der Waals surface area contributed by atoms with Crippen molar-refractivity contribution in [3.05, 3.63) is 74.1 Å². The Morgan fingerprint density at radius 1 is 1.17 bits per heavy atom. The Morgan fingerprint density at radius 2 is 1.88 bits per heavy atom. The number of benzene rings is 2. The molecule has 1 heterocycles. The Bertz CT molecular complexity index is 985. The number of H-pyrrole nitrogens is 1. The summed E-state index contributed by atoms with van der Waals surface area (Å²) in [4.78, 5) is 24.4. The first-order chi connectivity index (χ1) is 11.5. The number of fused-ring (bicyclic) bond motifs is 1. The maximum Gasteiger partial charge on any atom is 0.272 e. The lowest BCUT2D eigenvalue weighted by Crippen LogP contribution is -2.29. The molecular formula is C17H13Cl2N3O2. The van der Waals surface area contributed by atoms with Crippen LogP contribution in [0.1, 0.15) is 29.0 Å². The molecule has 7 heteroatoms. The van der Waals surface area contributed by atoms with Gasteiger partial charge in [0, 0.05) is 15.4 Å². The molecule has 0 aliphatic heterocycles. The number of carbonyl (C=O) groups excluding carboxylic acids is 1. The minimum absolute atomic E-state index is 0.155. The lowest BCUT2D eigenvalue weighted by atomic mass is 10.1. The molecule has 0 spiro atoms. The second kappa shape index (κ2) is 6.63. The van der Waals surface area contributed by atoms with Crippen molar-refractivity contribution < 1.29 is 4.79 Å². The van der Waals surface area contributed by atoms with Gasteiger partial charge in [-0.3, -0.25) is 9.59 Å². The molecule has 0 saturated heterocycles. The molecule has 3 aromatic rings. The molecule has 1 amide bonds. The molecular weight excluding hydrogens is 349 g/mol. The van der Waals surface area contributed by atoms with E-state index in [0.29, 0.717) is 20.8 Å². The molecule has 3 rings (SSSR count). The molecule has 0 radical (unpaired) electrons. The van der Waals surface area contributed by atoms with Crippen LogP contribution in [0.2, 0.25) is 10.0 Å². The fourth-order valence-electron chi connectivity index (χ4n) is 2.48. The number of aromatic amines is 1. The minimum atomic E-state index is -0.402. The topological polar surface area (TPSA) is 74.8 Å². The fourth-order valence-corrected chi connectivity index (χ4v) is 3.06. The zero-order valence-electron chi connectivity index (χ0n) is 12.6. The molecule has 0 fully saturated rings. The summed E-state index contributed by atoms with van der Waals surface area (Å²) in [7, 11) is 0. The summed E-state index contributed by atoms with van der Waals surface area (Å²) in [5.41, 5.74) is 0.557. The summed E-state index contributed by atoms with van der Waals surface area (Å²) < 4.78 is 0. The zero-order chi connectivity index (χ0) is 17.3. The van der Waals surface area contributed by atoms with Crippen LogP contribution in [0, 0.1) is 0 Å². The van der Waals surface area contributed by atoms with Gasteiger partial charge in [-0.05, 0) is 30.7 Å². The van der Waals surface area contributed by atoms with E-state index >= 15 is 0 Å². The highest BCUT2D eigenvalue weighted by Crippen LogP contribution is 2.26. The fraction of sp³-hybridized carbons (Fsp3) is 0.118. The number of halogens is 2. The summed E-state index contributed by atoms with van der Waals surface area (Å²) in [6, 6.07) is 11.5. The highest BCUT2D eigenvalue weighted by molar-refractivity contribution is 6.35. The number of hydrogen-bond donors (Lipinski definition) is 2. The van der Waals surface area contributed by atoms with Crippen molar-refractivity contribution in [1.29, 1.82) is 0 Å². The average molecular weight is 362 g/mol. The molecule has 2 aromatic carbocycles.